The van der Waals surface area contributed by atoms with Crippen LogP contribution in [0.2, 0.25) is 10.0 Å². The van der Waals surface area contributed by atoms with Crippen molar-refractivity contribution in [3.63, 3.8) is 0 Å². The Morgan fingerprint density at radius 1 is 1.06 bits per heavy atom. The Balaban J connectivity index is 2.19. The van der Waals surface area contributed by atoms with E-state index in [9.17, 15) is 32.7 Å². The lowest BCUT2D eigenvalue weighted by Crippen LogP contribution is -2.35. The Morgan fingerprint density at radius 2 is 1.74 bits per heavy atom. The summed E-state index contributed by atoms with van der Waals surface area (Å²) in [5.74, 6) is -1.46. The molecule has 12 heteroatoms. The van der Waals surface area contributed by atoms with Crippen molar-refractivity contribution in [2.24, 2.45) is 0 Å². The molecule has 0 aliphatic carbocycles. The number of nitrogens with one attached hydrogen (secondary N) is 1. The van der Waals surface area contributed by atoms with Crippen LogP contribution in [-0.2, 0) is 16.4 Å². The summed E-state index contributed by atoms with van der Waals surface area (Å²) in [6.45, 7) is 1.20. The van der Waals surface area contributed by atoms with Crippen LogP contribution in [0.25, 0.3) is 5.69 Å². The minimum atomic E-state index is -4.79. The van der Waals surface area contributed by atoms with Crippen LogP contribution in [0, 0.1) is 0 Å². The average molecular weight is 474 g/mol. The van der Waals surface area contributed by atoms with E-state index in [4.69, 9.17) is 23.2 Å². The minimum absolute atomic E-state index is 0.0293. The lowest BCUT2D eigenvalue weighted by atomic mass is 9.75. The van der Waals surface area contributed by atoms with Crippen molar-refractivity contribution in [3.8, 4) is 5.69 Å². The Morgan fingerprint density at radius 3 is 2.29 bits per heavy atom. The largest absolute Gasteiger partial charge is 0.480 e. The van der Waals surface area contributed by atoms with Crippen LogP contribution in [0.1, 0.15) is 23.6 Å². The molecule has 0 radical (unpaired) electrons. The number of aromatic amines is 1. The van der Waals surface area contributed by atoms with Gasteiger partial charge in [-0.05, 0) is 42.3 Å². The van der Waals surface area contributed by atoms with Crippen LogP contribution in [0.3, 0.4) is 0 Å². The van der Waals surface area contributed by atoms with E-state index in [0.29, 0.717) is 6.07 Å². The predicted molar refractivity (Wildman–Crippen MR) is 106 cm³/mol. The molecule has 0 bridgehead atoms. The third kappa shape index (κ3) is 4.08. The van der Waals surface area contributed by atoms with E-state index in [1.54, 1.807) is 0 Å². The molecule has 2 aromatic carbocycles. The van der Waals surface area contributed by atoms with Gasteiger partial charge in [0.05, 0.1) is 16.3 Å². The first-order valence-electron chi connectivity index (χ1n) is 8.45. The van der Waals surface area contributed by atoms with Crippen molar-refractivity contribution in [1.82, 2.24) is 14.8 Å². The monoisotopic (exact) mass is 473 g/mol. The van der Waals surface area contributed by atoms with Gasteiger partial charge in [0.1, 0.15) is 11.6 Å². The molecule has 2 N–H and O–H groups in total. The summed E-state index contributed by atoms with van der Waals surface area (Å²) in [5, 5.41) is 12.9. The van der Waals surface area contributed by atoms with Gasteiger partial charge in [0.25, 0.3) is 5.56 Å². The number of aromatic nitrogens is 3. The maximum absolute atomic E-state index is 13.3. The zero-order valence-corrected chi connectivity index (χ0v) is 17.0. The van der Waals surface area contributed by atoms with E-state index in [0.717, 1.165) is 16.9 Å². The van der Waals surface area contributed by atoms with Gasteiger partial charge in [-0.1, -0.05) is 35.3 Å². The predicted octanol–water partition coefficient (Wildman–Crippen LogP) is 3.64. The van der Waals surface area contributed by atoms with Gasteiger partial charge < -0.3 is 5.11 Å². The van der Waals surface area contributed by atoms with Crippen molar-refractivity contribution < 1.29 is 23.1 Å². The van der Waals surface area contributed by atoms with Crippen molar-refractivity contribution >= 4 is 29.2 Å². The molecular weight excluding hydrogens is 462 g/mol. The fourth-order valence-corrected chi connectivity index (χ4v) is 3.61. The molecule has 0 saturated heterocycles. The van der Waals surface area contributed by atoms with Gasteiger partial charge in [-0.25, -0.2) is 4.79 Å². The standard InChI is InChI=1S/C19H12Cl2F3N3O4/c1-18(16(29)30,9-2-5-13(20)12(6-9)19(22,23)24)11-4-3-10(7-14(11)21)27-17(31)26-15(28)8-25-27/h2-8H,1H3,(H,29,30)(H,26,28,31). The summed E-state index contributed by atoms with van der Waals surface area (Å²) >= 11 is 11.9. The van der Waals surface area contributed by atoms with E-state index in [1.165, 1.54) is 31.2 Å². The highest BCUT2D eigenvalue weighted by molar-refractivity contribution is 6.32. The smallest absolute Gasteiger partial charge is 0.417 e. The molecule has 1 unspecified atom stereocenters. The number of aliphatic carboxylic acids is 1. The van der Waals surface area contributed by atoms with Crippen molar-refractivity contribution in [2.45, 2.75) is 18.5 Å². The molecule has 31 heavy (non-hydrogen) atoms. The molecule has 1 aromatic heterocycles. The zero-order chi connectivity index (χ0) is 23.1. The molecule has 1 heterocycles. The van der Waals surface area contributed by atoms with Gasteiger partial charge in [-0.3, -0.25) is 14.6 Å². The third-order valence-electron chi connectivity index (χ3n) is 4.73. The topological polar surface area (TPSA) is 105 Å². The summed E-state index contributed by atoms with van der Waals surface area (Å²) in [4.78, 5) is 37.3. The van der Waals surface area contributed by atoms with Gasteiger partial charge in [0.2, 0.25) is 0 Å². The second-order valence-corrected chi connectivity index (χ2v) is 7.45. The number of carboxylic acids is 1. The van der Waals surface area contributed by atoms with Gasteiger partial charge in [-0.15, -0.1) is 0 Å². The fourth-order valence-electron chi connectivity index (χ4n) is 3.03. The zero-order valence-electron chi connectivity index (χ0n) is 15.5. The molecule has 0 aliphatic rings. The number of hydrogen-bond acceptors (Lipinski definition) is 4. The third-order valence-corrected chi connectivity index (χ3v) is 5.37. The summed E-state index contributed by atoms with van der Waals surface area (Å²) in [6.07, 6.45) is -3.94. The Labute approximate surface area is 181 Å². The highest BCUT2D eigenvalue weighted by Gasteiger charge is 2.42. The molecule has 0 aliphatic heterocycles. The SMILES string of the molecule is CC(C(=O)O)(c1ccc(Cl)c(C(F)(F)F)c1)c1ccc(-n2ncc(=O)[nH]c2=O)cc1Cl. The maximum atomic E-state index is 13.3. The van der Waals surface area contributed by atoms with Crippen molar-refractivity contribution in [2.75, 3.05) is 0 Å². The van der Waals surface area contributed by atoms with Crippen molar-refractivity contribution in [1.29, 1.82) is 0 Å². The highest BCUT2D eigenvalue weighted by atomic mass is 35.5. The molecule has 0 spiro atoms. The van der Waals surface area contributed by atoms with E-state index < -0.39 is 39.4 Å². The number of hydrogen-bond donors (Lipinski definition) is 2. The van der Waals surface area contributed by atoms with Gasteiger partial charge in [-0.2, -0.15) is 23.0 Å². The first-order valence-corrected chi connectivity index (χ1v) is 9.21. The second-order valence-electron chi connectivity index (χ2n) is 6.64. The van der Waals surface area contributed by atoms with E-state index in [-0.39, 0.29) is 21.8 Å². The molecule has 1 atom stereocenters. The molecule has 0 amide bonds. The molecule has 162 valence electrons. The average Bonchev–Trinajstić information content (AvgIpc) is 2.66. The number of rotatable bonds is 4. The number of carboxylic acid groups (broad SMARTS) is 1. The van der Waals surface area contributed by atoms with Gasteiger partial charge in [0, 0.05) is 5.02 Å². The lowest BCUT2D eigenvalue weighted by molar-refractivity contribution is -0.142. The maximum Gasteiger partial charge on any atom is 0.417 e. The normalized spacial score (nSPS) is 13.6. The number of alkyl halides is 3. The summed E-state index contributed by atoms with van der Waals surface area (Å²) in [5.41, 5.74) is -4.87. The Kier molecular flexibility index (Phi) is 5.72. The second kappa shape index (κ2) is 7.86. The fraction of sp³-hybridized carbons (Fsp3) is 0.158. The van der Waals surface area contributed by atoms with E-state index >= 15 is 0 Å². The van der Waals surface area contributed by atoms with Crippen LogP contribution in [0.15, 0.2) is 52.2 Å². The lowest BCUT2D eigenvalue weighted by Gasteiger charge is -2.28. The molecular formula is C19H12Cl2F3N3O4. The van der Waals surface area contributed by atoms with Crippen molar-refractivity contribution in [3.05, 3.63) is 90.2 Å². The Hall–Kier alpha value is -3.11. The number of halogens is 5. The minimum Gasteiger partial charge on any atom is -0.480 e. The summed E-state index contributed by atoms with van der Waals surface area (Å²) in [6, 6.07) is 6.57. The van der Waals surface area contributed by atoms with E-state index in [2.05, 4.69) is 5.10 Å². The van der Waals surface area contributed by atoms with Crippen LogP contribution in [-0.4, -0.2) is 25.8 Å². The Bertz CT molecular complexity index is 1300. The van der Waals surface area contributed by atoms with Crippen LogP contribution in [0.5, 0.6) is 0 Å². The quantitative estimate of drug-likeness (QED) is 0.601. The molecule has 3 rings (SSSR count). The molecule has 3 aromatic rings. The molecule has 0 saturated carbocycles. The first kappa shape index (κ1) is 22.6. The van der Waals surface area contributed by atoms with Crippen LogP contribution >= 0.6 is 23.2 Å². The summed E-state index contributed by atoms with van der Waals surface area (Å²) in [7, 11) is 0. The molecule has 0 fully saturated rings. The van der Waals surface area contributed by atoms with Crippen LogP contribution < -0.4 is 11.2 Å². The number of nitrogens with zero attached hydrogens (tertiary/aromatic N) is 2. The number of carbonyl (C=O) groups is 1. The molecule has 7 nitrogen and oxygen atoms in total. The van der Waals surface area contributed by atoms with Gasteiger partial charge in [0.15, 0.2) is 0 Å². The highest BCUT2D eigenvalue weighted by Crippen LogP contribution is 2.42. The van der Waals surface area contributed by atoms with Gasteiger partial charge >= 0.3 is 17.8 Å². The van der Waals surface area contributed by atoms with Crippen LogP contribution in [0.4, 0.5) is 13.2 Å². The van der Waals surface area contributed by atoms with E-state index in [1.807, 2.05) is 4.98 Å². The summed E-state index contributed by atoms with van der Waals surface area (Å²) < 4.78 is 40.7. The number of benzene rings is 2. The first-order chi connectivity index (χ1) is 14.4. The number of H-pyrrole nitrogens is 1.